The first-order valence-electron chi connectivity index (χ1n) is 5.28. The van der Waals surface area contributed by atoms with E-state index < -0.39 is 0 Å². The molecule has 80 valence electrons. The topological polar surface area (TPSA) is 0 Å². The molecule has 0 aliphatic carbocycles. The number of halogens is 1. The van der Waals surface area contributed by atoms with Gasteiger partial charge in [0, 0.05) is 0 Å². The lowest BCUT2D eigenvalue weighted by Gasteiger charge is -2.03. The van der Waals surface area contributed by atoms with Crippen molar-refractivity contribution in [1.82, 2.24) is 0 Å². The van der Waals surface area contributed by atoms with E-state index in [0.717, 1.165) is 0 Å². The molecule has 0 bridgehead atoms. The first-order valence-corrected chi connectivity index (χ1v) is 6.20. The minimum absolute atomic E-state index is 0.272. The summed E-state index contributed by atoms with van der Waals surface area (Å²) in [5.41, 5.74) is 2.50. The monoisotopic (exact) mass is 272 g/mol. The van der Waals surface area contributed by atoms with Crippen molar-refractivity contribution in [1.29, 1.82) is 0 Å². The van der Waals surface area contributed by atoms with Crippen LogP contribution < -0.4 is 0 Å². The van der Waals surface area contributed by atoms with Crippen LogP contribution >= 0.6 is 15.9 Å². The van der Waals surface area contributed by atoms with E-state index in [1.165, 1.54) is 11.1 Å². The summed E-state index contributed by atoms with van der Waals surface area (Å²) in [6.45, 7) is 0. The number of allylic oxidation sites excluding steroid dienone is 1. The third kappa shape index (κ3) is 3.07. The molecule has 0 N–H and O–H groups in total. The molecule has 1 heteroatoms. The van der Waals surface area contributed by atoms with E-state index in [0.29, 0.717) is 0 Å². The number of hydrogen-bond acceptors (Lipinski definition) is 0. The zero-order chi connectivity index (χ0) is 11.2. The van der Waals surface area contributed by atoms with E-state index >= 15 is 0 Å². The van der Waals surface area contributed by atoms with Gasteiger partial charge in [-0.3, -0.25) is 0 Å². The van der Waals surface area contributed by atoms with Crippen LogP contribution in [0.5, 0.6) is 0 Å². The van der Waals surface area contributed by atoms with Gasteiger partial charge in [-0.15, -0.1) is 0 Å². The summed E-state index contributed by atoms with van der Waals surface area (Å²) < 4.78 is 0. The molecule has 0 radical (unpaired) electrons. The molecule has 0 saturated heterocycles. The van der Waals surface area contributed by atoms with Gasteiger partial charge in [-0.1, -0.05) is 88.7 Å². The standard InChI is InChI=1S/C15H13Br/c16-15(14-9-5-2-6-10-14)12-11-13-7-3-1-4-8-13/h1-12,15H/b12-11-. The van der Waals surface area contributed by atoms with Gasteiger partial charge in [-0.05, 0) is 11.1 Å². The van der Waals surface area contributed by atoms with Crippen LogP contribution in [0.1, 0.15) is 16.0 Å². The predicted octanol–water partition coefficient (Wildman–Crippen LogP) is 4.84. The predicted molar refractivity (Wildman–Crippen MR) is 73.6 cm³/mol. The molecule has 2 aromatic carbocycles. The minimum Gasteiger partial charge on any atom is -0.0793 e. The summed E-state index contributed by atoms with van der Waals surface area (Å²) in [6.07, 6.45) is 4.29. The first-order chi connectivity index (χ1) is 7.86. The Morgan fingerprint density at radius 1 is 0.812 bits per heavy atom. The molecule has 2 rings (SSSR count). The van der Waals surface area contributed by atoms with Gasteiger partial charge in [0.05, 0.1) is 4.83 Å². The molecule has 1 unspecified atom stereocenters. The van der Waals surface area contributed by atoms with E-state index in [2.05, 4.69) is 64.5 Å². The van der Waals surface area contributed by atoms with Gasteiger partial charge in [-0.25, -0.2) is 0 Å². The normalized spacial score (nSPS) is 12.8. The summed E-state index contributed by atoms with van der Waals surface area (Å²) in [7, 11) is 0. The number of benzene rings is 2. The van der Waals surface area contributed by atoms with Crippen LogP contribution in [-0.2, 0) is 0 Å². The minimum atomic E-state index is 0.272. The van der Waals surface area contributed by atoms with E-state index in [4.69, 9.17) is 0 Å². The van der Waals surface area contributed by atoms with Gasteiger partial charge >= 0.3 is 0 Å². The molecule has 0 nitrogen and oxygen atoms in total. The van der Waals surface area contributed by atoms with Gasteiger partial charge in [0.1, 0.15) is 0 Å². The third-order valence-electron chi connectivity index (χ3n) is 2.38. The van der Waals surface area contributed by atoms with E-state index in [1.54, 1.807) is 0 Å². The number of alkyl halides is 1. The summed E-state index contributed by atoms with van der Waals surface area (Å²) >= 11 is 3.66. The lowest BCUT2D eigenvalue weighted by atomic mass is 10.1. The van der Waals surface area contributed by atoms with Crippen molar-refractivity contribution in [2.75, 3.05) is 0 Å². The second kappa shape index (κ2) is 5.66. The van der Waals surface area contributed by atoms with Crippen molar-refractivity contribution in [2.24, 2.45) is 0 Å². The van der Waals surface area contributed by atoms with Gasteiger partial charge in [0.25, 0.3) is 0 Å². The molecule has 0 spiro atoms. The number of hydrogen-bond donors (Lipinski definition) is 0. The Morgan fingerprint density at radius 2 is 1.38 bits per heavy atom. The Bertz CT molecular complexity index is 445. The lowest BCUT2D eigenvalue weighted by Crippen LogP contribution is -1.83. The molecule has 0 aromatic heterocycles. The maximum atomic E-state index is 3.66. The Morgan fingerprint density at radius 3 is 2.00 bits per heavy atom. The molecule has 1 atom stereocenters. The molecule has 0 fully saturated rings. The molecular weight excluding hydrogens is 260 g/mol. The highest BCUT2D eigenvalue weighted by atomic mass is 79.9. The second-order valence-corrected chi connectivity index (χ2v) is 4.57. The zero-order valence-electron chi connectivity index (χ0n) is 8.88. The second-order valence-electron chi connectivity index (χ2n) is 3.58. The first kappa shape index (κ1) is 11.2. The van der Waals surface area contributed by atoms with Crippen LogP contribution in [0.3, 0.4) is 0 Å². The Balaban J connectivity index is 2.08. The lowest BCUT2D eigenvalue weighted by molar-refractivity contribution is 1.26. The maximum Gasteiger partial charge on any atom is 0.0578 e. The van der Waals surface area contributed by atoms with Crippen molar-refractivity contribution in [3.05, 3.63) is 77.9 Å². The maximum absolute atomic E-state index is 3.66. The van der Waals surface area contributed by atoms with E-state index in [-0.39, 0.29) is 4.83 Å². The largest absolute Gasteiger partial charge is 0.0793 e. The zero-order valence-corrected chi connectivity index (χ0v) is 10.5. The Labute approximate surface area is 105 Å². The Hall–Kier alpha value is -1.34. The van der Waals surface area contributed by atoms with Crippen LogP contribution in [0.15, 0.2) is 66.7 Å². The van der Waals surface area contributed by atoms with E-state index in [9.17, 15) is 0 Å². The summed E-state index contributed by atoms with van der Waals surface area (Å²) in [6, 6.07) is 20.7. The average molecular weight is 273 g/mol. The molecule has 0 aliphatic rings. The highest BCUT2D eigenvalue weighted by Crippen LogP contribution is 2.24. The fourth-order valence-corrected chi connectivity index (χ4v) is 1.97. The fourth-order valence-electron chi connectivity index (χ4n) is 1.51. The molecule has 0 amide bonds. The fraction of sp³-hybridized carbons (Fsp3) is 0.0667. The quantitative estimate of drug-likeness (QED) is 0.702. The van der Waals surface area contributed by atoms with Crippen LogP contribution in [0.25, 0.3) is 6.08 Å². The SMILES string of the molecule is BrC(/C=C\c1ccccc1)c1ccccc1. The van der Waals surface area contributed by atoms with Gasteiger partial charge in [0.2, 0.25) is 0 Å². The third-order valence-corrected chi connectivity index (χ3v) is 3.21. The van der Waals surface area contributed by atoms with Crippen LogP contribution in [0, 0.1) is 0 Å². The van der Waals surface area contributed by atoms with Crippen molar-refractivity contribution in [3.63, 3.8) is 0 Å². The highest BCUT2D eigenvalue weighted by molar-refractivity contribution is 9.09. The molecule has 2 aromatic rings. The van der Waals surface area contributed by atoms with Crippen molar-refractivity contribution >= 4 is 22.0 Å². The van der Waals surface area contributed by atoms with Crippen LogP contribution in [0.4, 0.5) is 0 Å². The van der Waals surface area contributed by atoms with E-state index in [1.807, 2.05) is 24.3 Å². The van der Waals surface area contributed by atoms with Crippen LogP contribution in [0.2, 0.25) is 0 Å². The van der Waals surface area contributed by atoms with Gasteiger partial charge in [0.15, 0.2) is 0 Å². The van der Waals surface area contributed by atoms with Crippen LogP contribution in [-0.4, -0.2) is 0 Å². The molecular formula is C15H13Br. The van der Waals surface area contributed by atoms with Crippen molar-refractivity contribution in [2.45, 2.75) is 4.83 Å². The van der Waals surface area contributed by atoms with Gasteiger partial charge < -0.3 is 0 Å². The Kier molecular flexibility index (Phi) is 3.95. The number of rotatable bonds is 3. The molecule has 0 saturated carbocycles. The molecule has 0 aliphatic heterocycles. The highest BCUT2D eigenvalue weighted by Gasteiger charge is 2.00. The van der Waals surface area contributed by atoms with Gasteiger partial charge in [-0.2, -0.15) is 0 Å². The van der Waals surface area contributed by atoms with Crippen molar-refractivity contribution < 1.29 is 0 Å². The molecule has 0 heterocycles. The summed E-state index contributed by atoms with van der Waals surface area (Å²) in [4.78, 5) is 0.272. The summed E-state index contributed by atoms with van der Waals surface area (Å²) in [5.74, 6) is 0. The molecule has 16 heavy (non-hydrogen) atoms. The smallest absolute Gasteiger partial charge is 0.0578 e. The summed E-state index contributed by atoms with van der Waals surface area (Å²) in [5, 5.41) is 0. The van der Waals surface area contributed by atoms with Crippen molar-refractivity contribution in [3.8, 4) is 0 Å². The average Bonchev–Trinajstić information content (AvgIpc) is 2.38.